The zero-order chi connectivity index (χ0) is 41.7. The molecule has 3 heteroatoms. The van der Waals surface area contributed by atoms with Crippen LogP contribution in [0.5, 0.6) is 0 Å². The summed E-state index contributed by atoms with van der Waals surface area (Å²) >= 11 is 1.87. The van der Waals surface area contributed by atoms with Crippen LogP contribution in [0.3, 0.4) is 0 Å². The van der Waals surface area contributed by atoms with Crippen molar-refractivity contribution in [2.75, 3.05) is 4.90 Å². The molecular formula is C60H39NOS. The first-order chi connectivity index (χ1) is 31.2. The lowest BCUT2D eigenvalue weighted by molar-refractivity contribution is 0.669. The maximum atomic E-state index is 6.86. The number of hydrogen-bond acceptors (Lipinski definition) is 3. The van der Waals surface area contributed by atoms with Crippen molar-refractivity contribution in [1.82, 2.24) is 0 Å². The van der Waals surface area contributed by atoms with Gasteiger partial charge in [-0.3, -0.25) is 0 Å². The molecule has 0 saturated heterocycles. The predicted molar refractivity (Wildman–Crippen MR) is 268 cm³/mol. The monoisotopic (exact) mass is 821 g/mol. The second-order valence-corrected chi connectivity index (χ2v) is 17.1. The molecule has 0 bridgehead atoms. The maximum Gasteiger partial charge on any atom is 0.137 e. The topological polar surface area (TPSA) is 16.4 Å². The molecule has 0 spiro atoms. The number of rotatable bonds is 8. The van der Waals surface area contributed by atoms with E-state index in [0.717, 1.165) is 66.8 Å². The quantitative estimate of drug-likeness (QED) is 0.152. The number of fused-ring (bicyclic) bond motifs is 6. The lowest BCUT2D eigenvalue weighted by Crippen LogP contribution is -2.13. The molecule has 2 heterocycles. The van der Waals surface area contributed by atoms with Gasteiger partial charge in [-0.2, -0.15) is 0 Å². The predicted octanol–water partition coefficient (Wildman–Crippen LogP) is 17.8. The highest BCUT2D eigenvalue weighted by atomic mass is 32.1. The van der Waals surface area contributed by atoms with Crippen LogP contribution in [0.4, 0.5) is 17.1 Å². The fourth-order valence-electron chi connectivity index (χ4n) is 9.29. The van der Waals surface area contributed by atoms with Gasteiger partial charge in [0, 0.05) is 53.8 Å². The van der Waals surface area contributed by atoms with E-state index in [1.807, 2.05) is 11.3 Å². The molecule has 0 aliphatic heterocycles. The standard InChI is InChI=1S/C60H39NOS/c1-6-17-40(18-7-1)45-29-32-51-52-34-31-47(39-56(52)62-55(51)37-45)61(59-48(42-21-10-3-11-22-42)27-16-28-49(59)43-23-12-4-13-24-43)54-36-35-50(44-25-14-5-15-26-44)60-58(54)53-33-30-46(38-57(53)63-60)41-19-8-2-9-20-41/h1-39H. The summed E-state index contributed by atoms with van der Waals surface area (Å²) < 4.78 is 9.36. The maximum absolute atomic E-state index is 6.86. The van der Waals surface area contributed by atoms with Crippen molar-refractivity contribution in [3.63, 3.8) is 0 Å². The van der Waals surface area contributed by atoms with Gasteiger partial charge in [-0.15, -0.1) is 11.3 Å². The van der Waals surface area contributed by atoms with E-state index in [1.165, 1.54) is 48.0 Å². The lowest BCUT2D eigenvalue weighted by Gasteiger charge is -2.31. The van der Waals surface area contributed by atoms with E-state index >= 15 is 0 Å². The smallest absolute Gasteiger partial charge is 0.137 e. The fourth-order valence-corrected chi connectivity index (χ4v) is 10.6. The Kier molecular flexibility index (Phi) is 9.06. The second-order valence-electron chi connectivity index (χ2n) is 16.0. The first-order valence-electron chi connectivity index (χ1n) is 21.4. The Balaban J connectivity index is 1.17. The second kappa shape index (κ2) is 15.5. The average Bonchev–Trinajstić information content (AvgIpc) is 3.93. The third-order valence-corrected chi connectivity index (χ3v) is 13.5. The highest BCUT2D eigenvalue weighted by molar-refractivity contribution is 7.26. The van der Waals surface area contributed by atoms with Crippen LogP contribution in [0.25, 0.3) is 97.7 Å². The molecule has 12 aromatic rings. The van der Waals surface area contributed by atoms with Gasteiger partial charge in [0.2, 0.25) is 0 Å². The molecule has 0 aliphatic carbocycles. The van der Waals surface area contributed by atoms with Gasteiger partial charge in [0.15, 0.2) is 0 Å². The van der Waals surface area contributed by atoms with E-state index in [9.17, 15) is 0 Å². The largest absolute Gasteiger partial charge is 0.456 e. The Bertz CT molecular complexity index is 3540. The van der Waals surface area contributed by atoms with Gasteiger partial charge in [-0.1, -0.05) is 194 Å². The molecule has 0 radical (unpaired) electrons. The highest BCUT2D eigenvalue weighted by Crippen LogP contribution is 2.53. The van der Waals surface area contributed by atoms with Crippen molar-refractivity contribution in [2.45, 2.75) is 0 Å². The molecule has 0 fully saturated rings. The van der Waals surface area contributed by atoms with E-state index in [-0.39, 0.29) is 0 Å². The Hall–Kier alpha value is -7.98. The summed E-state index contributed by atoms with van der Waals surface area (Å²) in [5, 5.41) is 4.64. The van der Waals surface area contributed by atoms with Crippen molar-refractivity contribution in [2.24, 2.45) is 0 Å². The normalized spacial score (nSPS) is 11.5. The molecule has 0 N–H and O–H groups in total. The Morgan fingerprint density at radius 1 is 0.333 bits per heavy atom. The van der Waals surface area contributed by atoms with E-state index in [4.69, 9.17) is 4.42 Å². The van der Waals surface area contributed by atoms with Crippen LogP contribution in [0, 0.1) is 0 Å². The average molecular weight is 822 g/mol. The number of para-hydroxylation sites is 1. The molecule has 63 heavy (non-hydrogen) atoms. The minimum absolute atomic E-state index is 0.844. The van der Waals surface area contributed by atoms with Gasteiger partial charge in [0.25, 0.3) is 0 Å². The van der Waals surface area contributed by atoms with Crippen LogP contribution < -0.4 is 4.90 Å². The molecule has 10 aromatic carbocycles. The van der Waals surface area contributed by atoms with Crippen molar-refractivity contribution < 1.29 is 4.42 Å². The van der Waals surface area contributed by atoms with E-state index in [1.54, 1.807) is 0 Å². The van der Waals surface area contributed by atoms with Crippen molar-refractivity contribution in [1.29, 1.82) is 0 Å². The van der Waals surface area contributed by atoms with E-state index in [0.29, 0.717) is 0 Å². The third-order valence-electron chi connectivity index (χ3n) is 12.3. The molecule has 0 atom stereocenters. The summed E-state index contributed by atoms with van der Waals surface area (Å²) in [5.41, 5.74) is 16.6. The molecule has 2 aromatic heterocycles. The summed E-state index contributed by atoms with van der Waals surface area (Å²) in [6.07, 6.45) is 0. The number of hydrogen-bond donors (Lipinski definition) is 0. The van der Waals surface area contributed by atoms with Gasteiger partial charge >= 0.3 is 0 Å². The number of thiophene rings is 1. The van der Waals surface area contributed by atoms with Gasteiger partial charge in [0.1, 0.15) is 11.2 Å². The number of nitrogens with zero attached hydrogens (tertiary/aromatic N) is 1. The van der Waals surface area contributed by atoms with Crippen molar-refractivity contribution >= 4 is 70.5 Å². The minimum atomic E-state index is 0.844. The molecule has 0 amide bonds. The van der Waals surface area contributed by atoms with Crippen LogP contribution in [-0.2, 0) is 0 Å². The van der Waals surface area contributed by atoms with Crippen molar-refractivity contribution in [3.8, 4) is 55.6 Å². The fraction of sp³-hybridized carbons (Fsp3) is 0. The molecule has 0 aliphatic rings. The summed E-state index contributed by atoms with van der Waals surface area (Å²) in [6.45, 7) is 0. The number of furan rings is 1. The number of anilines is 3. The van der Waals surface area contributed by atoms with Gasteiger partial charge in [-0.05, 0) is 80.9 Å². The lowest BCUT2D eigenvalue weighted by atomic mass is 9.93. The summed E-state index contributed by atoms with van der Waals surface area (Å²) in [4.78, 5) is 2.50. The molecule has 0 saturated carbocycles. The van der Waals surface area contributed by atoms with Crippen LogP contribution >= 0.6 is 11.3 Å². The Morgan fingerprint density at radius 3 is 1.38 bits per heavy atom. The molecule has 2 nitrogen and oxygen atoms in total. The molecule has 12 rings (SSSR count). The van der Waals surface area contributed by atoms with Crippen LogP contribution in [0.1, 0.15) is 0 Å². The van der Waals surface area contributed by atoms with Crippen LogP contribution in [0.2, 0.25) is 0 Å². The summed E-state index contributed by atoms with van der Waals surface area (Å²) in [6, 6.07) is 85.3. The third kappa shape index (κ3) is 6.50. The number of benzene rings is 10. The van der Waals surface area contributed by atoms with E-state index < -0.39 is 0 Å². The zero-order valence-electron chi connectivity index (χ0n) is 34.3. The molecule has 296 valence electrons. The van der Waals surface area contributed by atoms with Gasteiger partial charge in [-0.25, -0.2) is 0 Å². The van der Waals surface area contributed by atoms with Gasteiger partial charge < -0.3 is 9.32 Å². The highest BCUT2D eigenvalue weighted by Gasteiger charge is 2.27. The zero-order valence-corrected chi connectivity index (χ0v) is 35.1. The van der Waals surface area contributed by atoms with Crippen molar-refractivity contribution in [3.05, 3.63) is 237 Å². The Labute approximate surface area is 370 Å². The summed E-state index contributed by atoms with van der Waals surface area (Å²) in [5.74, 6) is 0. The van der Waals surface area contributed by atoms with Crippen LogP contribution in [0.15, 0.2) is 241 Å². The van der Waals surface area contributed by atoms with Gasteiger partial charge in [0.05, 0.1) is 11.4 Å². The molecular weight excluding hydrogens is 783 g/mol. The molecule has 0 unspecified atom stereocenters. The van der Waals surface area contributed by atoms with Crippen LogP contribution in [-0.4, -0.2) is 0 Å². The first-order valence-corrected chi connectivity index (χ1v) is 22.2. The minimum Gasteiger partial charge on any atom is -0.456 e. The SMILES string of the molecule is c1ccc(-c2ccc3c(c2)oc2cc(N(c4c(-c5ccccc5)cccc4-c4ccccc4)c4ccc(-c5ccccc5)c5sc6cc(-c7ccccc7)ccc6c45)ccc23)cc1. The Morgan fingerprint density at radius 2 is 0.810 bits per heavy atom. The first kappa shape index (κ1) is 36.8. The van der Waals surface area contributed by atoms with E-state index in [2.05, 4.69) is 241 Å². The summed E-state index contributed by atoms with van der Waals surface area (Å²) in [7, 11) is 0.